The molecule has 0 saturated carbocycles. The topological polar surface area (TPSA) is 12.0 Å². The first kappa shape index (κ1) is 11.7. The van der Waals surface area contributed by atoms with Crippen LogP contribution in [0.15, 0.2) is 0 Å². The van der Waals surface area contributed by atoms with Crippen molar-refractivity contribution in [1.29, 1.82) is 0 Å². The van der Waals surface area contributed by atoms with E-state index < -0.39 is 0 Å². The number of hydrogen-bond donors (Lipinski definition) is 1. The van der Waals surface area contributed by atoms with Crippen molar-refractivity contribution in [3.8, 4) is 0 Å². The van der Waals surface area contributed by atoms with Crippen LogP contribution in [-0.4, -0.2) is 13.1 Å². The molecule has 9 heavy (non-hydrogen) atoms. The van der Waals surface area contributed by atoms with Crippen molar-refractivity contribution in [2.75, 3.05) is 13.1 Å². The molecule has 57 valence electrons. The summed E-state index contributed by atoms with van der Waals surface area (Å²) >= 11 is 0. The Hall–Kier alpha value is -0.0400. The van der Waals surface area contributed by atoms with Gasteiger partial charge < -0.3 is 5.32 Å². The Balaban J connectivity index is 0. The Kier molecular flexibility index (Phi) is 20.4. The van der Waals surface area contributed by atoms with Gasteiger partial charge in [-0.05, 0) is 13.1 Å². The van der Waals surface area contributed by atoms with Crippen LogP contribution in [0.4, 0.5) is 0 Å². The summed E-state index contributed by atoms with van der Waals surface area (Å²) in [5.41, 5.74) is 0. The molecule has 0 atom stereocenters. The van der Waals surface area contributed by atoms with Gasteiger partial charge in [-0.25, -0.2) is 0 Å². The number of hydrogen-bond acceptors (Lipinski definition) is 1. The van der Waals surface area contributed by atoms with Crippen LogP contribution in [0, 0.1) is 6.92 Å². The van der Waals surface area contributed by atoms with Gasteiger partial charge in [-0.2, -0.15) is 0 Å². The van der Waals surface area contributed by atoms with Crippen molar-refractivity contribution >= 4 is 0 Å². The van der Waals surface area contributed by atoms with Crippen LogP contribution in [0.5, 0.6) is 0 Å². The van der Waals surface area contributed by atoms with Gasteiger partial charge in [-0.15, -0.1) is 0 Å². The maximum Gasteiger partial charge on any atom is -0.00775 e. The van der Waals surface area contributed by atoms with Crippen molar-refractivity contribution in [1.82, 2.24) is 5.32 Å². The molecule has 0 heterocycles. The molecule has 0 bridgehead atoms. The summed E-state index contributed by atoms with van der Waals surface area (Å²) in [6.07, 6.45) is 2.28. The lowest BCUT2D eigenvalue weighted by molar-refractivity contribution is 0.762. The van der Waals surface area contributed by atoms with Gasteiger partial charge in [0.25, 0.3) is 0 Å². The Labute approximate surface area is 59.8 Å². The summed E-state index contributed by atoms with van der Waals surface area (Å²) in [7, 11) is 0. The zero-order chi connectivity index (χ0) is 7.54. The fraction of sp³-hybridized carbons (Fsp3) is 0.875. The lowest BCUT2D eigenvalue weighted by Gasteiger charge is -1.86. The minimum absolute atomic E-state index is 1.07. The Morgan fingerprint density at radius 3 is 1.44 bits per heavy atom. The standard InChI is InChI=1S/C4H11N.C4H9/c1-3-5-4-2;1-3-4-2/h5H,3-4H2,1-2H3;1,3-4H2,2H3. The van der Waals surface area contributed by atoms with E-state index >= 15 is 0 Å². The first-order valence-electron chi connectivity index (χ1n) is 3.83. The summed E-state index contributed by atoms with van der Waals surface area (Å²) in [4.78, 5) is 0. The summed E-state index contributed by atoms with van der Waals surface area (Å²) in [5, 5.41) is 3.11. The summed E-state index contributed by atoms with van der Waals surface area (Å²) in [6, 6.07) is 0. The highest BCUT2D eigenvalue weighted by Crippen LogP contribution is 1.75. The van der Waals surface area contributed by atoms with Gasteiger partial charge in [0.2, 0.25) is 0 Å². The molecule has 0 aromatic carbocycles. The number of rotatable bonds is 3. The Bertz CT molecular complexity index is 23.7. The molecular formula is C8H20N. The van der Waals surface area contributed by atoms with Crippen LogP contribution in [0.3, 0.4) is 0 Å². The minimum atomic E-state index is 1.07. The second-order valence-corrected chi connectivity index (χ2v) is 1.81. The highest BCUT2D eigenvalue weighted by atomic mass is 14.8. The predicted molar refractivity (Wildman–Crippen MR) is 44.5 cm³/mol. The molecular weight excluding hydrogens is 110 g/mol. The fourth-order valence-electron chi connectivity index (χ4n) is 0.250. The fourth-order valence-corrected chi connectivity index (χ4v) is 0.250. The van der Waals surface area contributed by atoms with Gasteiger partial charge >= 0.3 is 0 Å². The van der Waals surface area contributed by atoms with Crippen LogP contribution in [0.1, 0.15) is 33.6 Å². The zero-order valence-corrected chi connectivity index (χ0v) is 7.04. The SMILES string of the molecule is CCNCC.[CH2]CCC. The molecule has 1 N–H and O–H groups in total. The molecule has 1 nitrogen and oxygen atoms in total. The van der Waals surface area contributed by atoms with Gasteiger partial charge in [-0.3, -0.25) is 0 Å². The first-order chi connectivity index (χ1) is 4.33. The monoisotopic (exact) mass is 130 g/mol. The molecule has 1 heteroatoms. The zero-order valence-electron chi connectivity index (χ0n) is 7.04. The molecule has 0 rings (SSSR count). The molecule has 0 aliphatic heterocycles. The second-order valence-electron chi connectivity index (χ2n) is 1.81. The van der Waals surface area contributed by atoms with Crippen LogP contribution >= 0.6 is 0 Å². The molecule has 0 aliphatic rings. The molecule has 0 aromatic heterocycles. The molecule has 1 radical (unpaired) electrons. The third kappa shape index (κ3) is 32.3. The van der Waals surface area contributed by atoms with Crippen LogP contribution in [-0.2, 0) is 0 Å². The maximum atomic E-state index is 3.60. The first-order valence-corrected chi connectivity index (χ1v) is 3.83. The highest BCUT2D eigenvalue weighted by molar-refractivity contribution is 4.29. The van der Waals surface area contributed by atoms with E-state index in [-0.39, 0.29) is 0 Å². The number of nitrogens with one attached hydrogen (secondary N) is 1. The van der Waals surface area contributed by atoms with Crippen molar-refractivity contribution < 1.29 is 0 Å². The predicted octanol–water partition coefficient (Wildman–Crippen LogP) is 2.24. The molecule has 0 aromatic rings. The molecule has 0 amide bonds. The molecule has 0 spiro atoms. The van der Waals surface area contributed by atoms with Crippen molar-refractivity contribution in [2.45, 2.75) is 33.6 Å². The lowest BCUT2D eigenvalue weighted by atomic mass is 10.4. The van der Waals surface area contributed by atoms with E-state index in [9.17, 15) is 0 Å². The van der Waals surface area contributed by atoms with E-state index in [1.165, 1.54) is 6.42 Å². The van der Waals surface area contributed by atoms with E-state index in [0.717, 1.165) is 19.5 Å². The smallest absolute Gasteiger partial charge is 0.00775 e. The third-order valence-electron chi connectivity index (χ3n) is 0.854. The molecule has 0 unspecified atom stereocenters. The highest BCUT2D eigenvalue weighted by Gasteiger charge is 1.62. The number of unbranched alkanes of at least 4 members (excludes halogenated alkanes) is 1. The van der Waals surface area contributed by atoms with Gasteiger partial charge in [0.15, 0.2) is 0 Å². The normalized spacial score (nSPS) is 8.00. The summed E-state index contributed by atoms with van der Waals surface area (Å²) in [6.45, 7) is 12.1. The maximum absolute atomic E-state index is 3.60. The van der Waals surface area contributed by atoms with E-state index in [4.69, 9.17) is 0 Å². The summed E-state index contributed by atoms with van der Waals surface area (Å²) in [5.74, 6) is 0. The molecule has 0 aliphatic carbocycles. The van der Waals surface area contributed by atoms with Crippen molar-refractivity contribution in [2.24, 2.45) is 0 Å². The Morgan fingerprint density at radius 1 is 1.11 bits per heavy atom. The summed E-state index contributed by atoms with van der Waals surface area (Å²) < 4.78 is 0. The van der Waals surface area contributed by atoms with E-state index in [0.29, 0.717) is 0 Å². The van der Waals surface area contributed by atoms with Crippen LogP contribution in [0.2, 0.25) is 0 Å². The van der Waals surface area contributed by atoms with Gasteiger partial charge in [0.05, 0.1) is 0 Å². The minimum Gasteiger partial charge on any atom is -0.317 e. The largest absolute Gasteiger partial charge is 0.317 e. The van der Waals surface area contributed by atoms with Gasteiger partial charge in [0.1, 0.15) is 0 Å². The third-order valence-corrected chi connectivity index (χ3v) is 0.854. The van der Waals surface area contributed by atoms with E-state index in [2.05, 4.69) is 33.0 Å². The van der Waals surface area contributed by atoms with Crippen molar-refractivity contribution in [3.63, 3.8) is 0 Å². The van der Waals surface area contributed by atoms with Crippen LogP contribution in [0.25, 0.3) is 0 Å². The lowest BCUT2D eigenvalue weighted by Crippen LogP contribution is -2.09. The average molecular weight is 130 g/mol. The molecule has 0 fully saturated rings. The van der Waals surface area contributed by atoms with E-state index in [1.54, 1.807) is 0 Å². The molecule has 0 saturated heterocycles. The van der Waals surface area contributed by atoms with E-state index in [1.807, 2.05) is 0 Å². The quantitative estimate of drug-likeness (QED) is 0.617. The van der Waals surface area contributed by atoms with Crippen molar-refractivity contribution in [3.05, 3.63) is 6.92 Å². The van der Waals surface area contributed by atoms with Gasteiger partial charge in [-0.1, -0.05) is 40.5 Å². The van der Waals surface area contributed by atoms with Crippen LogP contribution < -0.4 is 5.32 Å². The average Bonchev–Trinajstić information content (AvgIpc) is 1.91. The van der Waals surface area contributed by atoms with Gasteiger partial charge in [0, 0.05) is 0 Å². The Morgan fingerprint density at radius 2 is 1.44 bits per heavy atom. The second kappa shape index (κ2) is 15.7.